The molecule has 5 fully saturated rings. The normalized spacial score (nSPS) is 29.6. The van der Waals surface area contributed by atoms with Gasteiger partial charge >= 0.3 is 29.8 Å². The summed E-state index contributed by atoms with van der Waals surface area (Å²) in [6.07, 6.45) is -12.1. The number of carbonyl (C=O) groups is 9. The first-order chi connectivity index (χ1) is 42.1. The molecule has 6 N–H and O–H groups in total. The van der Waals surface area contributed by atoms with Gasteiger partial charge in [0.15, 0.2) is 49.2 Å². The topological polar surface area (TPSA) is 362 Å². The molecule has 5 aliphatic rings. The number of benzene rings is 1. The van der Waals surface area contributed by atoms with Gasteiger partial charge in [0.05, 0.1) is 58.0 Å². The summed E-state index contributed by atoms with van der Waals surface area (Å²) >= 11 is 0. The zero-order valence-corrected chi connectivity index (χ0v) is 51.3. The van der Waals surface area contributed by atoms with E-state index in [1.807, 2.05) is 37.3 Å². The molecule has 2 aliphatic carbocycles. The summed E-state index contributed by atoms with van der Waals surface area (Å²) in [5.74, 6) is -6.78. The van der Waals surface area contributed by atoms with Gasteiger partial charge in [0.25, 0.3) is 5.91 Å². The third-order valence-electron chi connectivity index (χ3n) is 15.8. The summed E-state index contributed by atoms with van der Waals surface area (Å²) in [4.78, 5) is 116. The molecule has 6 rings (SSSR count). The van der Waals surface area contributed by atoms with Crippen LogP contribution in [0.4, 0.5) is 0 Å². The number of carbonyl (C=O) groups excluding carboxylic acids is 9. The molecule has 4 amide bonds. The molecular weight excluding hydrogens is 1160 g/mol. The van der Waals surface area contributed by atoms with Gasteiger partial charge in [-0.1, -0.05) is 75.8 Å². The molecule has 3 heterocycles. The Bertz CT molecular complexity index is 2430. The zero-order chi connectivity index (χ0) is 63.9. The SMILES string of the molecule is CC[C@@H]1CC(C(=O)NCCNC(=O)CCOCCOCCNC(=O)[C@@H](O)[C@H](O)COCc2ccccc2)CC(O[C@@H]2O[C@@H](COC(C)=O)C3OC(=O)[C@@H](CC4CCCCC4)OC3C2NC(C)=O)C1OC1OC(C)C(OC(C)=O)C(OC(C)=O)C1OC(C)=O. The highest BCUT2D eigenvalue weighted by Crippen LogP contribution is 2.42. The number of amides is 4. The van der Waals surface area contributed by atoms with Crippen LogP contribution in [0, 0.1) is 17.8 Å². The van der Waals surface area contributed by atoms with Gasteiger partial charge in [-0.2, -0.15) is 0 Å². The third-order valence-corrected chi connectivity index (χ3v) is 15.8. The largest absolute Gasteiger partial charge is 0.463 e. The van der Waals surface area contributed by atoms with E-state index in [1.165, 1.54) is 13.8 Å². The number of fused-ring (bicyclic) bond motifs is 1. The Balaban J connectivity index is 1.09. The quantitative estimate of drug-likeness (QED) is 0.0331. The maximum absolute atomic E-state index is 14.3. The molecule has 11 unspecified atom stereocenters. The van der Waals surface area contributed by atoms with Gasteiger partial charge in [-0.15, -0.1) is 0 Å². The van der Waals surface area contributed by atoms with Crippen LogP contribution in [0.3, 0.4) is 0 Å². The summed E-state index contributed by atoms with van der Waals surface area (Å²) in [6, 6.07) is 8.07. The molecule has 28 heteroatoms. The van der Waals surface area contributed by atoms with E-state index >= 15 is 0 Å². The van der Waals surface area contributed by atoms with Crippen molar-refractivity contribution in [1.29, 1.82) is 0 Å². The fourth-order valence-corrected chi connectivity index (χ4v) is 11.6. The van der Waals surface area contributed by atoms with E-state index in [1.54, 1.807) is 6.92 Å². The fraction of sp³-hybridized carbons (Fsp3) is 0.750. The number of esters is 5. The minimum atomic E-state index is -1.70. The summed E-state index contributed by atoms with van der Waals surface area (Å²) in [7, 11) is 0. The van der Waals surface area contributed by atoms with Gasteiger partial charge in [-0.3, -0.25) is 38.4 Å². The Morgan fingerprint density at radius 1 is 0.682 bits per heavy atom. The monoisotopic (exact) mass is 1250 g/mol. The van der Waals surface area contributed by atoms with E-state index in [0.29, 0.717) is 12.8 Å². The lowest BCUT2D eigenvalue weighted by molar-refractivity contribution is -0.344. The first-order valence-electron chi connectivity index (χ1n) is 30.5. The lowest BCUT2D eigenvalue weighted by Gasteiger charge is -2.51. The van der Waals surface area contributed by atoms with Gasteiger partial charge in [-0.05, 0) is 43.6 Å². The number of nitrogens with one attached hydrogen (secondary N) is 4. The molecule has 28 nitrogen and oxygen atoms in total. The van der Waals surface area contributed by atoms with Crippen LogP contribution < -0.4 is 21.3 Å². The number of ether oxygens (including phenoxy) is 13. The maximum atomic E-state index is 14.3. The van der Waals surface area contributed by atoms with E-state index in [4.69, 9.17) is 61.6 Å². The second-order valence-electron chi connectivity index (χ2n) is 22.8. The molecule has 17 atom stereocenters. The summed E-state index contributed by atoms with van der Waals surface area (Å²) < 4.78 is 78.1. The lowest BCUT2D eigenvalue weighted by Crippen LogP contribution is -2.70. The Morgan fingerprint density at radius 2 is 1.35 bits per heavy atom. The van der Waals surface area contributed by atoms with Crippen LogP contribution in [-0.4, -0.2) is 215 Å². The van der Waals surface area contributed by atoms with E-state index < -0.39 is 158 Å². The number of aliphatic hydroxyl groups is 2. The molecule has 2 saturated carbocycles. The second kappa shape index (κ2) is 36.0. The van der Waals surface area contributed by atoms with Crippen molar-refractivity contribution in [2.24, 2.45) is 17.8 Å². The molecule has 3 saturated heterocycles. The maximum Gasteiger partial charge on any atom is 0.335 e. The van der Waals surface area contributed by atoms with Crippen LogP contribution in [0.25, 0.3) is 0 Å². The highest BCUT2D eigenvalue weighted by molar-refractivity contribution is 5.81. The molecule has 0 aromatic heterocycles. The van der Waals surface area contributed by atoms with Crippen molar-refractivity contribution in [2.75, 3.05) is 59.3 Å². The molecule has 88 heavy (non-hydrogen) atoms. The highest BCUT2D eigenvalue weighted by atomic mass is 16.8. The molecule has 1 aromatic rings. The van der Waals surface area contributed by atoms with Crippen molar-refractivity contribution in [3.63, 3.8) is 0 Å². The standard InChI is InChI=1S/C60H90N4O24/c1-8-41-28-42(56(73)62-21-20-61-47(71)19-23-76-25-26-77-24-22-63-57(74)49(72)43(70)31-78-30-40-17-13-10-14-18-40)29-44(51(41)88-60-55(83-38(7)69)54(82-37(6)68)50(33(2)80-60)81-36(5)67)85-59-48(64-34(3)65)53-52(46(86-59)32-79-35(4)66)87-58(75)45(84-53)27-39-15-11-9-12-16-39/h10,13-14,17-18,33,39,41-46,48-55,59-60,70,72H,8-9,11-12,15-16,19-32H2,1-7H3,(H,61,71)(H,62,73)(H,63,74)(H,64,65)/t33?,41-,42?,43-,44?,45-,46+,48?,49+,50?,51?,52?,53?,54?,55?,59-,60?/m1/s1. The van der Waals surface area contributed by atoms with Gasteiger partial charge in [0.1, 0.15) is 31.0 Å². The minimum Gasteiger partial charge on any atom is -0.463 e. The molecule has 3 aliphatic heterocycles. The van der Waals surface area contributed by atoms with Crippen LogP contribution in [0.5, 0.6) is 0 Å². The molecule has 0 radical (unpaired) electrons. The van der Waals surface area contributed by atoms with Gasteiger partial charge in [0.2, 0.25) is 17.7 Å². The summed E-state index contributed by atoms with van der Waals surface area (Å²) in [5.41, 5.74) is 0.877. The average molecular weight is 1250 g/mol. The first kappa shape index (κ1) is 71.1. The van der Waals surface area contributed by atoms with Crippen LogP contribution >= 0.6 is 0 Å². The van der Waals surface area contributed by atoms with Gasteiger partial charge in [0, 0.05) is 66.6 Å². The van der Waals surface area contributed by atoms with E-state index in [2.05, 4.69) is 21.3 Å². The summed E-state index contributed by atoms with van der Waals surface area (Å²) in [5, 5.41) is 31.3. The van der Waals surface area contributed by atoms with Crippen LogP contribution in [-0.2, 0) is 111 Å². The van der Waals surface area contributed by atoms with E-state index in [0.717, 1.165) is 58.4 Å². The Morgan fingerprint density at radius 3 is 2.02 bits per heavy atom. The number of rotatable bonds is 32. The van der Waals surface area contributed by atoms with Gasteiger partial charge in [-0.25, -0.2) is 4.79 Å². The van der Waals surface area contributed by atoms with Crippen LogP contribution in [0.15, 0.2) is 30.3 Å². The van der Waals surface area contributed by atoms with Crippen molar-refractivity contribution in [2.45, 2.75) is 211 Å². The minimum absolute atomic E-state index is 0.00493. The second-order valence-corrected chi connectivity index (χ2v) is 22.8. The van der Waals surface area contributed by atoms with Crippen molar-refractivity contribution in [3.05, 3.63) is 35.9 Å². The van der Waals surface area contributed by atoms with E-state index in [9.17, 15) is 53.4 Å². The predicted octanol–water partition coefficient (Wildman–Crippen LogP) is 0.886. The molecular formula is C60H90N4O24. The first-order valence-corrected chi connectivity index (χ1v) is 30.5. The third kappa shape index (κ3) is 22.2. The lowest BCUT2D eigenvalue weighted by atomic mass is 9.75. The Hall–Kier alpha value is -5.95. The predicted molar refractivity (Wildman–Crippen MR) is 303 cm³/mol. The van der Waals surface area contributed by atoms with Crippen molar-refractivity contribution < 1.29 is 115 Å². The van der Waals surface area contributed by atoms with Crippen molar-refractivity contribution in [1.82, 2.24) is 21.3 Å². The number of hydrogen-bond donors (Lipinski definition) is 6. The Labute approximate surface area is 512 Å². The molecule has 494 valence electrons. The van der Waals surface area contributed by atoms with Crippen LogP contribution in [0.2, 0.25) is 0 Å². The molecule has 1 aromatic carbocycles. The van der Waals surface area contributed by atoms with Crippen molar-refractivity contribution in [3.8, 4) is 0 Å². The Kier molecular flexibility index (Phi) is 29.1. The summed E-state index contributed by atoms with van der Waals surface area (Å²) in [6.45, 7) is 9.45. The van der Waals surface area contributed by atoms with Crippen molar-refractivity contribution >= 4 is 53.5 Å². The number of aliphatic hydroxyl groups excluding tert-OH is 2. The average Bonchev–Trinajstić information content (AvgIpc) is 2.68. The van der Waals surface area contributed by atoms with E-state index in [-0.39, 0.29) is 90.4 Å². The smallest absolute Gasteiger partial charge is 0.335 e. The zero-order valence-electron chi connectivity index (χ0n) is 51.3. The highest BCUT2D eigenvalue weighted by Gasteiger charge is 2.58. The number of hydrogen-bond acceptors (Lipinski definition) is 24. The van der Waals surface area contributed by atoms with Gasteiger partial charge < -0.3 is 93.1 Å². The molecule has 0 spiro atoms. The van der Waals surface area contributed by atoms with Crippen LogP contribution in [0.1, 0.15) is 118 Å². The fourth-order valence-electron chi connectivity index (χ4n) is 11.6. The molecule has 0 bridgehead atoms.